The second-order valence-corrected chi connectivity index (χ2v) is 8.43. The monoisotopic (exact) mass is 430 g/mol. The summed E-state index contributed by atoms with van der Waals surface area (Å²) in [5.41, 5.74) is 3.46. The summed E-state index contributed by atoms with van der Waals surface area (Å²) in [4.78, 5) is 25.4. The van der Waals surface area contributed by atoms with Gasteiger partial charge in [0.05, 0.1) is 25.3 Å². The predicted octanol–water partition coefficient (Wildman–Crippen LogP) is 6.84. The van der Waals surface area contributed by atoms with Crippen LogP contribution in [0.2, 0.25) is 0 Å². The van der Waals surface area contributed by atoms with Crippen LogP contribution in [0.25, 0.3) is 32.3 Å². The molecule has 0 saturated carbocycles. The first-order valence-corrected chi connectivity index (χ1v) is 11.5. The van der Waals surface area contributed by atoms with Gasteiger partial charge in [0.1, 0.15) is 0 Å². The van der Waals surface area contributed by atoms with Crippen molar-refractivity contribution < 1.29 is 19.1 Å². The van der Waals surface area contributed by atoms with Crippen LogP contribution in [0.3, 0.4) is 0 Å². The third-order valence-corrected chi connectivity index (χ3v) is 6.48. The van der Waals surface area contributed by atoms with E-state index in [4.69, 9.17) is 9.47 Å². The standard InChI is InChI=1S/C28H30O4/c1-5-7-9-17-15-23(27(29)31-3)21-14-12-20-18(10-8-6-2)16-24(28(30)32-4)22-13-11-19(17)25(21)26(20)22/h11-16H,5-10H2,1-4H3. The third kappa shape index (κ3) is 3.58. The minimum absolute atomic E-state index is 0.333. The normalized spacial score (nSPS) is 11.5. The highest BCUT2D eigenvalue weighted by molar-refractivity contribution is 6.29. The van der Waals surface area contributed by atoms with Gasteiger partial charge >= 0.3 is 11.9 Å². The highest BCUT2D eigenvalue weighted by Crippen LogP contribution is 2.41. The molecule has 0 unspecified atom stereocenters. The van der Waals surface area contributed by atoms with Crippen molar-refractivity contribution in [2.45, 2.75) is 52.4 Å². The van der Waals surface area contributed by atoms with E-state index in [2.05, 4.69) is 26.0 Å². The molecule has 0 N–H and O–H groups in total. The van der Waals surface area contributed by atoms with Crippen molar-refractivity contribution in [3.8, 4) is 0 Å². The molecule has 0 saturated heterocycles. The summed E-state index contributed by atoms with van der Waals surface area (Å²) in [6, 6.07) is 12.2. The maximum absolute atomic E-state index is 12.7. The van der Waals surface area contributed by atoms with Crippen molar-refractivity contribution >= 4 is 44.3 Å². The van der Waals surface area contributed by atoms with Crippen LogP contribution in [-0.4, -0.2) is 26.2 Å². The van der Waals surface area contributed by atoms with Crippen molar-refractivity contribution in [2.24, 2.45) is 0 Å². The summed E-state index contributed by atoms with van der Waals surface area (Å²) in [7, 11) is 2.84. The molecule has 4 aromatic carbocycles. The van der Waals surface area contributed by atoms with Crippen molar-refractivity contribution in [1.82, 2.24) is 0 Å². The fraction of sp³-hybridized carbons (Fsp3) is 0.357. The average molecular weight is 431 g/mol. The lowest BCUT2D eigenvalue weighted by Crippen LogP contribution is -2.07. The SMILES string of the molecule is CCCCc1cc(C(=O)OC)c2ccc3c(CCCC)cc(C(=O)OC)c4ccc1c2c34. The number of hydrogen-bond acceptors (Lipinski definition) is 4. The van der Waals surface area contributed by atoms with Crippen LogP contribution in [0.15, 0.2) is 36.4 Å². The van der Waals surface area contributed by atoms with E-state index in [0.717, 1.165) is 82.0 Å². The molecule has 4 aromatic rings. The zero-order chi connectivity index (χ0) is 22.8. The van der Waals surface area contributed by atoms with Gasteiger partial charge in [0.15, 0.2) is 0 Å². The summed E-state index contributed by atoms with van der Waals surface area (Å²) < 4.78 is 10.3. The van der Waals surface area contributed by atoms with Gasteiger partial charge in [0.2, 0.25) is 0 Å². The molecule has 0 fully saturated rings. The van der Waals surface area contributed by atoms with Gasteiger partial charge < -0.3 is 9.47 Å². The molecule has 0 aromatic heterocycles. The molecular weight excluding hydrogens is 400 g/mol. The fourth-order valence-corrected chi connectivity index (χ4v) is 4.84. The molecule has 0 aliphatic heterocycles. The molecule has 0 aliphatic carbocycles. The number of esters is 2. The molecule has 4 heteroatoms. The summed E-state index contributed by atoms with van der Waals surface area (Å²) in [6.45, 7) is 4.33. The Balaban J connectivity index is 2.18. The van der Waals surface area contributed by atoms with Crippen LogP contribution in [0, 0.1) is 0 Å². The number of unbranched alkanes of at least 4 members (excludes halogenated alkanes) is 2. The van der Waals surface area contributed by atoms with Crippen LogP contribution in [-0.2, 0) is 22.3 Å². The lowest BCUT2D eigenvalue weighted by atomic mass is 9.84. The number of methoxy groups -OCH3 is 2. The predicted molar refractivity (Wildman–Crippen MR) is 130 cm³/mol. The van der Waals surface area contributed by atoms with E-state index in [0.29, 0.717) is 11.1 Å². The Labute approximate surface area is 188 Å². The average Bonchev–Trinajstić information content (AvgIpc) is 2.83. The Morgan fingerprint density at radius 2 is 1.03 bits per heavy atom. The number of carbonyl (C=O) groups is 2. The number of carbonyl (C=O) groups excluding carboxylic acids is 2. The van der Waals surface area contributed by atoms with E-state index < -0.39 is 0 Å². The summed E-state index contributed by atoms with van der Waals surface area (Å²) in [6.07, 6.45) is 6.01. The van der Waals surface area contributed by atoms with Gasteiger partial charge in [-0.2, -0.15) is 0 Å². The van der Waals surface area contributed by atoms with Crippen LogP contribution >= 0.6 is 0 Å². The first-order chi connectivity index (χ1) is 15.5. The number of rotatable bonds is 8. The number of aryl methyl sites for hydroxylation is 2. The molecule has 0 radical (unpaired) electrons. The molecule has 0 atom stereocenters. The summed E-state index contributed by atoms with van der Waals surface area (Å²) in [5.74, 6) is -0.667. The van der Waals surface area contributed by atoms with E-state index in [1.807, 2.05) is 24.3 Å². The van der Waals surface area contributed by atoms with Crippen LogP contribution < -0.4 is 0 Å². The zero-order valence-electron chi connectivity index (χ0n) is 19.3. The van der Waals surface area contributed by atoms with Gasteiger partial charge in [0, 0.05) is 0 Å². The fourth-order valence-electron chi connectivity index (χ4n) is 4.84. The van der Waals surface area contributed by atoms with E-state index in [1.54, 1.807) is 0 Å². The van der Waals surface area contributed by atoms with Gasteiger partial charge in [-0.25, -0.2) is 9.59 Å². The third-order valence-electron chi connectivity index (χ3n) is 6.48. The molecule has 166 valence electrons. The number of benzene rings is 4. The lowest BCUT2D eigenvalue weighted by molar-refractivity contribution is 0.0594. The van der Waals surface area contributed by atoms with Crippen LogP contribution in [0.1, 0.15) is 71.4 Å². The molecule has 0 bridgehead atoms. The Morgan fingerprint density at radius 1 is 0.656 bits per heavy atom. The van der Waals surface area contributed by atoms with E-state index in [-0.39, 0.29) is 11.9 Å². The van der Waals surface area contributed by atoms with Crippen molar-refractivity contribution in [2.75, 3.05) is 14.2 Å². The van der Waals surface area contributed by atoms with E-state index in [9.17, 15) is 9.59 Å². The van der Waals surface area contributed by atoms with Crippen LogP contribution in [0.5, 0.6) is 0 Å². The second kappa shape index (κ2) is 9.15. The van der Waals surface area contributed by atoms with Gasteiger partial charge in [-0.1, -0.05) is 51.0 Å². The summed E-state index contributed by atoms with van der Waals surface area (Å²) >= 11 is 0. The maximum atomic E-state index is 12.7. The molecule has 0 aliphatic rings. The van der Waals surface area contributed by atoms with Gasteiger partial charge in [-0.3, -0.25) is 0 Å². The topological polar surface area (TPSA) is 52.6 Å². The molecule has 0 heterocycles. The second-order valence-electron chi connectivity index (χ2n) is 8.43. The molecular formula is C28H30O4. The highest BCUT2D eigenvalue weighted by atomic mass is 16.5. The van der Waals surface area contributed by atoms with Gasteiger partial charge in [0.25, 0.3) is 0 Å². The number of ether oxygens (including phenoxy) is 2. The Hall–Kier alpha value is -3.14. The van der Waals surface area contributed by atoms with Crippen molar-refractivity contribution in [1.29, 1.82) is 0 Å². The first kappa shape index (κ1) is 22.1. The van der Waals surface area contributed by atoms with Gasteiger partial charge in [-0.05, 0) is 81.3 Å². The zero-order valence-corrected chi connectivity index (χ0v) is 19.3. The van der Waals surface area contributed by atoms with Crippen LogP contribution in [0.4, 0.5) is 0 Å². The molecule has 4 rings (SSSR count). The largest absolute Gasteiger partial charge is 0.465 e. The minimum Gasteiger partial charge on any atom is -0.465 e. The first-order valence-electron chi connectivity index (χ1n) is 11.5. The van der Waals surface area contributed by atoms with Gasteiger partial charge in [-0.15, -0.1) is 0 Å². The molecule has 4 nitrogen and oxygen atoms in total. The molecule has 32 heavy (non-hydrogen) atoms. The maximum Gasteiger partial charge on any atom is 0.338 e. The van der Waals surface area contributed by atoms with Crippen molar-refractivity contribution in [3.05, 3.63) is 58.7 Å². The van der Waals surface area contributed by atoms with E-state index >= 15 is 0 Å². The Bertz CT molecular complexity index is 1200. The Kier molecular flexibility index (Phi) is 6.31. The number of hydrogen-bond donors (Lipinski definition) is 0. The summed E-state index contributed by atoms with van der Waals surface area (Å²) in [5, 5.41) is 6.10. The van der Waals surface area contributed by atoms with Crippen molar-refractivity contribution in [3.63, 3.8) is 0 Å². The molecule has 0 spiro atoms. The lowest BCUT2D eigenvalue weighted by Gasteiger charge is -2.19. The quantitative estimate of drug-likeness (QED) is 0.227. The smallest absolute Gasteiger partial charge is 0.338 e. The van der Waals surface area contributed by atoms with E-state index in [1.165, 1.54) is 14.2 Å². The Morgan fingerprint density at radius 3 is 1.38 bits per heavy atom. The highest BCUT2D eigenvalue weighted by Gasteiger charge is 2.22. The molecule has 0 amide bonds. The minimum atomic E-state index is -0.333.